The zero-order valence-electron chi connectivity index (χ0n) is 13.5. The van der Waals surface area contributed by atoms with Gasteiger partial charge in [0.2, 0.25) is 5.91 Å². The Balaban J connectivity index is 1.75. The highest BCUT2D eigenvalue weighted by Gasteiger charge is 2.39. The van der Waals surface area contributed by atoms with E-state index in [1.165, 1.54) is 24.3 Å². The first kappa shape index (κ1) is 16.0. The Hall–Kier alpha value is -2.89. The molecule has 5 nitrogen and oxygen atoms in total. The summed E-state index contributed by atoms with van der Waals surface area (Å²) < 4.78 is 13.0. The molecular weight excluding hydrogens is 309 g/mol. The molecule has 2 aromatic carbocycles. The minimum atomic E-state index is -0.618. The Morgan fingerprint density at radius 2 is 1.67 bits per heavy atom. The molecule has 2 amide bonds. The largest absolute Gasteiger partial charge is 0.378 e. The highest BCUT2D eigenvalue weighted by molar-refractivity contribution is 6.23. The molecule has 6 heteroatoms. The number of carbonyl (C=O) groups excluding carboxylic acids is 2. The summed E-state index contributed by atoms with van der Waals surface area (Å²) in [5.41, 5.74) is 2.20. The van der Waals surface area contributed by atoms with Crippen molar-refractivity contribution in [1.29, 1.82) is 0 Å². The predicted molar refractivity (Wildman–Crippen MR) is 91.7 cm³/mol. The number of imide groups is 1. The molecule has 0 unspecified atom stereocenters. The number of benzene rings is 2. The first-order valence-electron chi connectivity index (χ1n) is 7.62. The van der Waals surface area contributed by atoms with Crippen LogP contribution in [-0.4, -0.2) is 32.0 Å². The maximum Gasteiger partial charge on any atom is 0.256 e. The summed E-state index contributed by atoms with van der Waals surface area (Å²) in [5, 5.41) is 3.09. The van der Waals surface area contributed by atoms with Crippen LogP contribution >= 0.6 is 0 Å². The van der Waals surface area contributed by atoms with Crippen molar-refractivity contribution in [3.63, 3.8) is 0 Å². The monoisotopic (exact) mass is 327 g/mol. The SMILES string of the molecule is CN(C)c1ccc(N[C@H]2CC(=O)N(c3ccc(F)cc3)C2=O)cc1. The van der Waals surface area contributed by atoms with Crippen LogP contribution in [0.25, 0.3) is 0 Å². The zero-order valence-corrected chi connectivity index (χ0v) is 13.5. The van der Waals surface area contributed by atoms with Crippen molar-refractivity contribution in [2.45, 2.75) is 12.5 Å². The zero-order chi connectivity index (χ0) is 17.3. The van der Waals surface area contributed by atoms with Crippen molar-refractivity contribution in [3.05, 3.63) is 54.3 Å². The van der Waals surface area contributed by atoms with Gasteiger partial charge in [-0.25, -0.2) is 9.29 Å². The number of rotatable bonds is 4. The average Bonchev–Trinajstić information content (AvgIpc) is 2.83. The number of nitrogens with zero attached hydrogens (tertiary/aromatic N) is 2. The lowest BCUT2D eigenvalue weighted by Gasteiger charge is -2.17. The van der Waals surface area contributed by atoms with Crippen LogP contribution in [0.1, 0.15) is 6.42 Å². The van der Waals surface area contributed by atoms with Crippen molar-refractivity contribution in [1.82, 2.24) is 0 Å². The summed E-state index contributed by atoms with van der Waals surface area (Å²) in [4.78, 5) is 27.8. The van der Waals surface area contributed by atoms with E-state index in [1.54, 1.807) is 0 Å². The predicted octanol–water partition coefficient (Wildman–Crippen LogP) is 2.64. The first-order chi connectivity index (χ1) is 11.5. The van der Waals surface area contributed by atoms with Gasteiger partial charge in [-0.05, 0) is 48.5 Å². The molecule has 3 rings (SSSR count). The fourth-order valence-corrected chi connectivity index (χ4v) is 2.66. The number of halogens is 1. The van der Waals surface area contributed by atoms with Crippen molar-refractivity contribution in [3.8, 4) is 0 Å². The van der Waals surface area contributed by atoms with Gasteiger partial charge >= 0.3 is 0 Å². The third-order valence-electron chi connectivity index (χ3n) is 3.96. The van der Waals surface area contributed by atoms with Gasteiger partial charge in [0.05, 0.1) is 12.1 Å². The molecule has 1 N–H and O–H groups in total. The summed E-state index contributed by atoms with van der Waals surface area (Å²) in [6, 6.07) is 12.3. The summed E-state index contributed by atoms with van der Waals surface area (Å²) in [5.74, 6) is -1.04. The second kappa shape index (κ2) is 6.31. The first-order valence-corrected chi connectivity index (χ1v) is 7.62. The quantitative estimate of drug-likeness (QED) is 0.877. The molecule has 0 aliphatic carbocycles. The van der Waals surface area contributed by atoms with Gasteiger partial charge in [0.15, 0.2) is 0 Å². The minimum Gasteiger partial charge on any atom is -0.378 e. The van der Waals surface area contributed by atoms with Gasteiger partial charge in [-0.2, -0.15) is 0 Å². The second-order valence-electron chi connectivity index (χ2n) is 5.89. The minimum absolute atomic E-state index is 0.0750. The standard InChI is InChI=1S/C18H18FN3O2/c1-21(2)14-9-5-13(6-10-14)20-16-11-17(23)22(18(16)24)15-7-3-12(19)4-8-15/h3-10,16,20H,11H2,1-2H3/t16-/m0/s1. The fourth-order valence-electron chi connectivity index (χ4n) is 2.66. The molecule has 24 heavy (non-hydrogen) atoms. The number of hydrogen-bond acceptors (Lipinski definition) is 4. The van der Waals surface area contributed by atoms with Crippen LogP contribution in [0.2, 0.25) is 0 Å². The maximum atomic E-state index is 13.0. The summed E-state index contributed by atoms with van der Waals surface area (Å²) in [6.07, 6.45) is 0.0750. The molecule has 1 atom stereocenters. The van der Waals surface area contributed by atoms with Crippen molar-refractivity contribution >= 4 is 28.9 Å². The fraction of sp³-hybridized carbons (Fsp3) is 0.222. The van der Waals surface area contributed by atoms with Crippen molar-refractivity contribution in [2.24, 2.45) is 0 Å². The van der Waals surface area contributed by atoms with Crippen LogP contribution in [0.3, 0.4) is 0 Å². The molecule has 0 bridgehead atoms. The Kier molecular flexibility index (Phi) is 4.20. The molecular formula is C18H18FN3O2. The molecule has 1 fully saturated rings. The summed E-state index contributed by atoms with van der Waals surface area (Å²) in [6.45, 7) is 0. The van der Waals surface area contributed by atoms with Gasteiger partial charge in [-0.1, -0.05) is 0 Å². The highest BCUT2D eigenvalue weighted by atomic mass is 19.1. The van der Waals surface area contributed by atoms with E-state index < -0.39 is 11.9 Å². The smallest absolute Gasteiger partial charge is 0.256 e. The van der Waals surface area contributed by atoms with Crippen LogP contribution in [0.5, 0.6) is 0 Å². The lowest BCUT2D eigenvalue weighted by Crippen LogP contribution is -2.34. The van der Waals surface area contributed by atoms with Gasteiger partial charge < -0.3 is 10.2 Å². The number of nitrogens with one attached hydrogen (secondary N) is 1. The summed E-state index contributed by atoms with van der Waals surface area (Å²) >= 11 is 0. The number of hydrogen-bond donors (Lipinski definition) is 1. The highest BCUT2D eigenvalue weighted by Crippen LogP contribution is 2.25. The van der Waals surface area contributed by atoms with Gasteiger partial charge in [0.25, 0.3) is 5.91 Å². The molecule has 0 spiro atoms. The van der Waals surface area contributed by atoms with E-state index in [-0.39, 0.29) is 18.2 Å². The Morgan fingerprint density at radius 3 is 2.25 bits per heavy atom. The third-order valence-corrected chi connectivity index (χ3v) is 3.96. The van der Waals surface area contributed by atoms with Crippen LogP contribution in [-0.2, 0) is 9.59 Å². The van der Waals surface area contributed by atoms with E-state index in [4.69, 9.17) is 0 Å². The van der Waals surface area contributed by atoms with Gasteiger partial charge in [-0.15, -0.1) is 0 Å². The topological polar surface area (TPSA) is 52.7 Å². The van der Waals surface area contributed by atoms with Crippen LogP contribution < -0.4 is 15.1 Å². The molecule has 1 saturated heterocycles. The van der Waals surface area contributed by atoms with Crippen LogP contribution in [0.15, 0.2) is 48.5 Å². The van der Waals surface area contributed by atoms with E-state index in [0.29, 0.717) is 5.69 Å². The average molecular weight is 327 g/mol. The van der Waals surface area contributed by atoms with E-state index >= 15 is 0 Å². The second-order valence-corrected chi connectivity index (χ2v) is 5.89. The van der Waals surface area contributed by atoms with Crippen LogP contribution in [0, 0.1) is 5.82 Å². The molecule has 2 aromatic rings. The Morgan fingerprint density at radius 1 is 1.04 bits per heavy atom. The molecule has 0 radical (unpaired) electrons. The number of carbonyl (C=O) groups is 2. The summed E-state index contributed by atoms with van der Waals surface area (Å²) in [7, 11) is 3.89. The van der Waals surface area contributed by atoms with E-state index in [0.717, 1.165) is 16.3 Å². The third kappa shape index (κ3) is 3.08. The molecule has 0 saturated carbocycles. The van der Waals surface area contributed by atoms with E-state index in [2.05, 4.69) is 5.32 Å². The normalized spacial score (nSPS) is 17.3. The lowest BCUT2D eigenvalue weighted by atomic mass is 10.2. The number of anilines is 3. The van der Waals surface area contributed by atoms with Crippen molar-refractivity contribution in [2.75, 3.05) is 29.2 Å². The number of amides is 2. The van der Waals surface area contributed by atoms with E-state index in [9.17, 15) is 14.0 Å². The molecule has 1 aliphatic rings. The maximum absolute atomic E-state index is 13.0. The molecule has 1 heterocycles. The van der Waals surface area contributed by atoms with Gasteiger partial charge in [0.1, 0.15) is 11.9 Å². The van der Waals surface area contributed by atoms with E-state index in [1.807, 2.05) is 43.3 Å². The van der Waals surface area contributed by atoms with Crippen molar-refractivity contribution < 1.29 is 14.0 Å². The Labute approximate surface area is 139 Å². The van der Waals surface area contributed by atoms with Gasteiger partial charge in [-0.3, -0.25) is 9.59 Å². The Bertz CT molecular complexity index is 757. The lowest BCUT2D eigenvalue weighted by molar-refractivity contribution is -0.121. The molecule has 0 aromatic heterocycles. The van der Waals surface area contributed by atoms with Gasteiger partial charge in [0, 0.05) is 25.5 Å². The van der Waals surface area contributed by atoms with Crippen LogP contribution in [0.4, 0.5) is 21.5 Å². The molecule has 124 valence electrons. The molecule has 1 aliphatic heterocycles.